The second-order valence-electron chi connectivity index (χ2n) is 5.35. The molecule has 0 saturated carbocycles. The van der Waals surface area contributed by atoms with Gasteiger partial charge in [-0.25, -0.2) is 0 Å². The van der Waals surface area contributed by atoms with E-state index < -0.39 is 24.5 Å². The molecule has 3 rings (SSSR count). The Kier molecular flexibility index (Phi) is 3.66. The molecular formula is C16H14F3NO2. The summed E-state index contributed by atoms with van der Waals surface area (Å²) < 4.78 is 38.2. The molecule has 0 saturated heterocycles. The fourth-order valence-electron chi connectivity index (χ4n) is 2.78. The molecule has 1 aromatic carbocycles. The average Bonchev–Trinajstić information content (AvgIpc) is 2.86. The van der Waals surface area contributed by atoms with Crippen LogP contribution in [0.3, 0.4) is 0 Å². The van der Waals surface area contributed by atoms with Gasteiger partial charge in [0.05, 0.1) is 24.0 Å². The SMILES string of the molecule is OCc1cc(C(F)(F)F)ccc1-c1cnc2c(c1)CC[C@@H]2O. The predicted molar refractivity (Wildman–Crippen MR) is 73.9 cm³/mol. The van der Waals surface area contributed by atoms with Crippen molar-refractivity contribution in [2.24, 2.45) is 0 Å². The molecule has 2 N–H and O–H groups in total. The highest BCUT2D eigenvalue weighted by Crippen LogP contribution is 2.36. The smallest absolute Gasteiger partial charge is 0.392 e. The van der Waals surface area contributed by atoms with Crippen LogP contribution >= 0.6 is 0 Å². The molecule has 0 amide bonds. The van der Waals surface area contributed by atoms with Gasteiger partial charge in [0.2, 0.25) is 0 Å². The summed E-state index contributed by atoms with van der Waals surface area (Å²) in [7, 11) is 0. The van der Waals surface area contributed by atoms with Crippen molar-refractivity contribution in [3.63, 3.8) is 0 Å². The number of halogens is 3. The number of hydrogen-bond acceptors (Lipinski definition) is 3. The van der Waals surface area contributed by atoms with E-state index in [1.807, 2.05) is 6.07 Å². The zero-order chi connectivity index (χ0) is 15.9. The Balaban J connectivity index is 2.05. The molecule has 1 aliphatic rings. The zero-order valence-electron chi connectivity index (χ0n) is 11.6. The Bertz CT molecular complexity index is 713. The Morgan fingerprint density at radius 2 is 2.00 bits per heavy atom. The summed E-state index contributed by atoms with van der Waals surface area (Å²) >= 11 is 0. The van der Waals surface area contributed by atoms with Crippen LogP contribution < -0.4 is 0 Å². The molecule has 1 aliphatic carbocycles. The normalized spacial score (nSPS) is 17.6. The van der Waals surface area contributed by atoms with E-state index in [1.54, 1.807) is 0 Å². The first kappa shape index (κ1) is 15.0. The second-order valence-corrected chi connectivity index (χ2v) is 5.35. The number of aromatic nitrogens is 1. The largest absolute Gasteiger partial charge is 0.416 e. The van der Waals surface area contributed by atoms with Crippen LogP contribution in [0, 0.1) is 0 Å². The van der Waals surface area contributed by atoms with Crippen molar-refractivity contribution < 1.29 is 23.4 Å². The lowest BCUT2D eigenvalue weighted by atomic mass is 9.97. The molecule has 2 aromatic rings. The Hall–Kier alpha value is -1.92. The monoisotopic (exact) mass is 309 g/mol. The summed E-state index contributed by atoms with van der Waals surface area (Å²) in [6.45, 7) is -0.487. The van der Waals surface area contributed by atoms with Crippen LogP contribution in [0.15, 0.2) is 30.5 Å². The van der Waals surface area contributed by atoms with Crippen molar-refractivity contribution in [2.45, 2.75) is 31.7 Å². The molecule has 0 spiro atoms. The number of nitrogens with zero attached hydrogens (tertiary/aromatic N) is 1. The van der Waals surface area contributed by atoms with E-state index in [9.17, 15) is 23.4 Å². The van der Waals surface area contributed by atoms with Crippen molar-refractivity contribution in [3.05, 3.63) is 52.8 Å². The average molecular weight is 309 g/mol. The van der Waals surface area contributed by atoms with Crippen LogP contribution in [-0.4, -0.2) is 15.2 Å². The number of rotatable bonds is 2. The number of aliphatic hydroxyl groups excluding tert-OH is 2. The summed E-state index contributed by atoms with van der Waals surface area (Å²) in [6.07, 6.45) is -2.20. The summed E-state index contributed by atoms with van der Waals surface area (Å²) in [5, 5.41) is 19.1. The van der Waals surface area contributed by atoms with Gasteiger partial charge in [-0.2, -0.15) is 13.2 Å². The lowest BCUT2D eigenvalue weighted by Gasteiger charge is -2.13. The Morgan fingerprint density at radius 1 is 1.23 bits per heavy atom. The van der Waals surface area contributed by atoms with Gasteiger partial charge >= 0.3 is 6.18 Å². The first-order valence-corrected chi connectivity index (χ1v) is 6.88. The zero-order valence-corrected chi connectivity index (χ0v) is 11.6. The highest BCUT2D eigenvalue weighted by molar-refractivity contribution is 5.68. The number of fused-ring (bicyclic) bond motifs is 1. The Morgan fingerprint density at radius 3 is 2.68 bits per heavy atom. The van der Waals surface area contributed by atoms with Gasteiger partial charge < -0.3 is 10.2 Å². The maximum absolute atomic E-state index is 12.7. The van der Waals surface area contributed by atoms with E-state index in [4.69, 9.17) is 0 Å². The van der Waals surface area contributed by atoms with E-state index in [0.29, 0.717) is 29.7 Å². The molecule has 6 heteroatoms. The Labute approximate surface area is 125 Å². The minimum Gasteiger partial charge on any atom is -0.392 e. The summed E-state index contributed by atoms with van der Waals surface area (Å²) in [6, 6.07) is 5.12. The molecule has 1 heterocycles. The van der Waals surface area contributed by atoms with Gasteiger partial charge in [0.15, 0.2) is 0 Å². The first-order valence-electron chi connectivity index (χ1n) is 6.88. The van der Waals surface area contributed by atoms with Gasteiger partial charge in [-0.15, -0.1) is 0 Å². The van der Waals surface area contributed by atoms with Crippen molar-refractivity contribution in [1.82, 2.24) is 4.98 Å². The number of pyridine rings is 1. The minimum absolute atomic E-state index is 0.204. The van der Waals surface area contributed by atoms with Crippen molar-refractivity contribution in [1.29, 1.82) is 0 Å². The summed E-state index contributed by atoms with van der Waals surface area (Å²) in [5.74, 6) is 0. The molecule has 0 bridgehead atoms. The van der Waals surface area contributed by atoms with Gasteiger partial charge in [-0.05, 0) is 47.7 Å². The van der Waals surface area contributed by atoms with E-state index >= 15 is 0 Å². The maximum Gasteiger partial charge on any atom is 0.416 e. The third-order valence-electron chi connectivity index (χ3n) is 3.92. The van der Waals surface area contributed by atoms with Gasteiger partial charge in [0.1, 0.15) is 0 Å². The molecule has 0 fully saturated rings. The fourth-order valence-corrected chi connectivity index (χ4v) is 2.78. The molecule has 0 radical (unpaired) electrons. The maximum atomic E-state index is 12.7. The summed E-state index contributed by atoms with van der Waals surface area (Å²) in [4.78, 5) is 4.21. The van der Waals surface area contributed by atoms with Crippen molar-refractivity contribution in [2.75, 3.05) is 0 Å². The van der Waals surface area contributed by atoms with Crippen LogP contribution in [0.4, 0.5) is 13.2 Å². The second kappa shape index (κ2) is 5.37. The quantitative estimate of drug-likeness (QED) is 0.895. The van der Waals surface area contributed by atoms with E-state index in [2.05, 4.69) is 4.98 Å². The molecule has 0 unspecified atom stereocenters. The van der Waals surface area contributed by atoms with E-state index in [-0.39, 0.29) is 5.56 Å². The highest BCUT2D eigenvalue weighted by Gasteiger charge is 2.31. The predicted octanol–water partition coefficient (Wildman–Crippen LogP) is 3.24. The van der Waals surface area contributed by atoms with Gasteiger partial charge in [0.25, 0.3) is 0 Å². The topological polar surface area (TPSA) is 53.4 Å². The standard InChI is InChI=1S/C16H14F3NO2/c17-16(18,19)12-2-3-13(11(6-12)8-21)10-5-9-1-4-14(22)15(9)20-7-10/h2-3,5-7,14,21-22H,1,4,8H2/t14-/m0/s1. The van der Waals surface area contributed by atoms with Gasteiger partial charge in [0, 0.05) is 11.8 Å². The van der Waals surface area contributed by atoms with Crippen LogP contribution in [0.25, 0.3) is 11.1 Å². The number of aliphatic hydroxyl groups is 2. The number of aryl methyl sites for hydroxylation is 1. The van der Waals surface area contributed by atoms with Crippen LogP contribution in [0.5, 0.6) is 0 Å². The van der Waals surface area contributed by atoms with Crippen molar-refractivity contribution in [3.8, 4) is 11.1 Å². The molecule has 1 atom stereocenters. The van der Waals surface area contributed by atoms with Gasteiger partial charge in [-0.1, -0.05) is 6.07 Å². The number of hydrogen-bond donors (Lipinski definition) is 2. The lowest BCUT2D eigenvalue weighted by Crippen LogP contribution is -2.06. The molecular weight excluding hydrogens is 295 g/mol. The van der Waals surface area contributed by atoms with Crippen LogP contribution in [0.1, 0.15) is 34.9 Å². The molecule has 1 aromatic heterocycles. The lowest BCUT2D eigenvalue weighted by molar-refractivity contribution is -0.137. The third-order valence-corrected chi connectivity index (χ3v) is 3.92. The minimum atomic E-state index is -4.44. The first-order chi connectivity index (χ1) is 10.4. The number of alkyl halides is 3. The highest BCUT2D eigenvalue weighted by atomic mass is 19.4. The van der Waals surface area contributed by atoms with Crippen LogP contribution in [-0.2, 0) is 19.2 Å². The fraction of sp³-hybridized carbons (Fsp3) is 0.312. The van der Waals surface area contributed by atoms with Crippen molar-refractivity contribution >= 4 is 0 Å². The van der Waals surface area contributed by atoms with Crippen LogP contribution in [0.2, 0.25) is 0 Å². The van der Waals surface area contributed by atoms with E-state index in [1.165, 1.54) is 12.3 Å². The molecule has 22 heavy (non-hydrogen) atoms. The summed E-state index contributed by atoms with van der Waals surface area (Å²) in [5.41, 5.74) is 2.10. The number of benzene rings is 1. The van der Waals surface area contributed by atoms with E-state index in [0.717, 1.165) is 17.7 Å². The molecule has 3 nitrogen and oxygen atoms in total. The molecule has 116 valence electrons. The third kappa shape index (κ3) is 2.60. The van der Waals surface area contributed by atoms with Gasteiger partial charge in [-0.3, -0.25) is 4.98 Å². The molecule has 0 aliphatic heterocycles.